The number of benzene rings is 1. The van der Waals surface area contributed by atoms with Crippen molar-refractivity contribution in [1.29, 1.82) is 0 Å². The molecule has 2 aromatic rings. The molecule has 1 aliphatic carbocycles. The highest BCUT2D eigenvalue weighted by Crippen LogP contribution is 2.44. The van der Waals surface area contributed by atoms with Gasteiger partial charge in [-0.3, -0.25) is 9.78 Å². The van der Waals surface area contributed by atoms with Gasteiger partial charge in [0.2, 0.25) is 0 Å². The van der Waals surface area contributed by atoms with Crippen LogP contribution in [-0.4, -0.2) is 10.8 Å². The van der Waals surface area contributed by atoms with Gasteiger partial charge >= 0.3 is 0 Å². The molecule has 0 aliphatic heterocycles. The Morgan fingerprint density at radius 1 is 1.00 bits per heavy atom. The Morgan fingerprint density at radius 3 is 2.35 bits per heavy atom. The van der Waals surface area contributed by atoms with Gasteiger partial charge in [0.1, 0.15) is 0 Å². The smallest absolute Gasteiger partial charge is 0.168 e. The van der Waals surface area contributed by atoms with Gasteiger partial charge in [0.25, 0.3) is 0 Å². The van der Waals surface area contributed by atoms with Crippen molar-refractivity contribution >= 4 is 11.4 Å². The maximum Gasteiger partial charge on any atom is 0.168 e. The summed E-state index contributed by atoms with van der Waals surface area (Å²) in [6.07, 6.45) is 1.76. The van der Waals surface area contributed by atoms with Gasteiger partial charge in [0.15, 0.2) is 5.78 Å². The van der Waals surface area contributed by atoms with Crippen molar-refractivity contribution in [2.45, 2.75) is 19.8 Å². The minimum Gasteiger partial charge on any atom is -0.294 e. The first kappa shape index (κ1) is 12.8. The van der Waals surface area contributed by atoms with Crippen molar-refractivity contribution in [3.05, 3.63) is 71.6 Å². The number of aromatic nitrogens is 1. The fraction of sp³-hybridized carbons (Fsp3) is 0.222. The zero-order valence-electron chi connectivity index (χ0n) is 11.7. The van der Waals surface area contributed by atoms with E-state index < -0.39 is 0 Å². The molecule has 2 nitrogen and oxygen atoms in total. The quantitative estimate of drug-likeness (QED) is 0.823. The van der Waals surface area contributed by atoms with Crippen LogP contribution in [-0.2, 0) is 4.79 Å². The summed E-state index contributed by atoms with van der Waals surface area (Å²) in [4.78, 5) is 17.0. The summed E-state index contributed by atoms with van der Waals surface area (Å²) in [5.41, 5.74) is 4.05. The van der Waals surface area contributed by atoms with E-state index in [1.165, 1.54) is 0 Å². The third kappa shape index (κ3) is 1.97. The molecule has 0 N–H and O–H groups in total. The first-order chi connectivity index (χ1) is 9.70. The molecule has 2 heteroatoms. The van der Waals surface area contributed by atoms with Crippen LogP contribution in [0.2, 0.25) is 0 Å². The molecule has 1 heterocycles. The molecular weight excluding hydrogens is 246 g/mol. The summed E-state index contributed by atoms with van der Waals surface area (Å²) in [5, 5.41) is 0. The average Bonchev–Trinajstić information content (AvgIpc) is 2.71. The van der Waals surface area contributed by atoms with Crippen LogP contribution in [0.15, 0.2) is 60.3 Å². The first-order valence-corrected chi connectivity index (χ1v) is 6.91. The van der Waals surface area contributed by atoms with Crippen molar-refractivity contribution < 1.29 is 4.79 Å². The molecule has 3 rings (SSSR count). The molecule has 0 saturated heterocycles. The van der Waals surface area contributed by atoms with E-state index in [1.807, 2.05) is 43.3 Å². The van der Waals surface area contributed by atoms with Crippen LogP contribution >= 0.6 is 0 Å². The number of nitrogens with zero attached hydrogens (tertiary/aromatic N) is 1. The van der Waals surface area contributed by atoms with Gasteiger partial charge in [-0.25, -0.2) is 0 Å². The lowest BCUT2D eigenvalue weighted by Gasteiger charge is -2.17. The summed E-state index contributed by atoms with van der Waals surface area (Å²) < 4.78 is 0. The molecule has 0 amide bonds. The summed E-state index contributed by atoms with van der Waals surface area (Å²) in [7, 11) is 0. The summed E-state index contributed by atoms with van der Waals surface area (Å²) in [5.74, 6) is 0.223. The van der Waals surface area contributed by atoms with Gasteiger partial charge in [-0.15, -0.1) is 0 Å². The molecule has 1 aromatic carbocycles. The zero-order chi connectivity index (χ0) is 14.1. The number of carbonyl (C=O) groups is 1. The molecule has 0 saturated carbocycles. The van der Waals surface area contributed by atoms with E-state index in [4.69, 9.17) is 0 Å². The molecule has 1 aliphatic rings. The van der Waals surface area contributed by atoms with Gasteiger partial charge in [0.05, 0.1) is 11.6 Å². The van der Waals surface area contributed by atoms with Gasteiger partial charge in [-0.1, -0.05) is 43.3 Å². The van der Waals surface area contributed by atoms with E-state index in [2.05, 4.69) is 24.0 Å². The van der Waals surface area contributed by atoms with Crippen LogP contribution in [0.3, 0.4) is 0 Å². The first-order valence-electron chi connectivity index (χ1n) is 6.91. The summed E-state index contributed by atoms with van der Waals surface area (Å²) in [6, 6.07) is 15.9. The number of ketones is 1. The van der Waals surface area contributed by atoms with E-state index >= 15 is 0 Å². The lowest BCUT2D eigenvalue weighted by atomic mass is 9.87. The molecule has 0 bridgehead atoms. The van der Waals surface area contributed by atoms with Crippen molar-refractivity contribution in [3.63, 3.8) is 0 Å². The summed E-state index contributed by atoms with van der Waals surface area (Å²) in [6.45, 7) is 4.06. The predicted molar refractivity (Wildman–Crippen MR) is 80.2 cm³/mol. The molecule has 100 valence electrons. The van der Waals surface area contributed by atoms with Crippen LogP contribution in [0.1, 0.15) is 31.0 Å². The highest BCUT2D eigenvalue weighted by atomic mass is 16.1. The monoisotopic (exact) mass is 263 g/mol. The highest BCUT2D eigenvalue weighted by molar-refractivity contribution is 6.11. The zero-order valence-corrected chi connectivity index (χ0v) is 11.7. The Hall–Kier alpha value is -2.22. The Kier molecular flexibility index (Phi) is 3.23. The number of allylic oxidation sites excluding steroid dienone is 2. The number of Topliss-reactive ketones (excluding diaryl/α,β-unsaturated/α-hetero) is 1. The van der Waals surface area contributed by atoms with Crippen molar-refractivity contribution in [1.82, 2.24) is 4.98 Å². The van der Waals surface area contributed by atoms with E-state index in [9.17, 15) is 4.79 Å². The number of rotatable bonds is 2. The van der Waals surface area contributed by atoms with E-state index in [0.717, 1.165) is 22.4 Å². The second-order valence-electron chi connectivity index (χ2n) is 5.29. The number of pyridine rings is 1. The van der Waals surface area contributed by atoms with E-state index in [1.54, 1.807) is 6.20 Å². The third-order valence-corrected chi connectivity index (χ3v) is 4.10. The molecule has 0 fully saturated rings. The fourth-order valence-corrected chi connectivity index (χ4v) is 3.15. The number of hydrogen-bond donors (Lipinski definition) is 0. The van der Waals surface area contributed by atoms with Crippen LogP contribution in [0.4, 0.5) is 0 Å². The van der Waals surface area contributed by atoms with Crippen LogP contribution in [0, 0.1) is 5.92 Å². The lowest BCUT2D eigenvalue weighted by molar-refractivity contribution is -0.116. The Labute approximate surface area is 119 Å². The van der Waals surface area contributed by atoms with Crippen molar-refractivity contribution in [3.8, 4) is 0 Å². The Morgan fingerprint density at radius 2 is 1.70 bits per heavy atom. The van der Waals surface area contributed by atoms with Gasteiger partial charge in [0, 0.05) is 6.20 Å². The average molecular weight is 263 g/mol. The number of carbonyl (C=O) groups excluding carboxylic acids is 1. The standard InChI is InChI=1S/C18H17NO/c1-12-16(14-8-4-3-5-9-14)13(2)18(20)17(12)15-10-6-7-11-19-15/h3-12,17H,1-2H3. The van der Waals surface area contributed by atoms with Gasteiger partial charge in [-0.05, 0) is 41.7 Å². The maximum atomic E-state index is 12.6. The predicted octanol–water partition coefficient (Wildman–Crippen LogP) is 3.86. The molecule has 0 spiro atoms. The van der Waals surface area contributed by atoms with Crippen LogP contribution in [0.25, 0.3) is 5.57 Å². The normalized spacial score (nSPS) is 22.4. The third-order valence-electron chi connectivity index (χ3n) is 4.10. The topological polar surface area (TPSA) is 30.0 Å². The van der Waals surface area contributed by atoms with Crippen LogP contribution < -0.4 is 0 Å². The highest BCUT2D eigenvalue weighted by Gasteiger charge is 2.39. The SMILES string of the molecule is CC1=C(c2ccccc2)C(C)C(c2ccccn2)C1=O. The molecule has 20 heavy (non-hydrogen) atoms. The molecular formula is C18H17NO. The second kappa shape index (κ2) is 5.04. The minimum absolute atomic E-state index is 0.147. The molecule has 0 radical (unpaired) electrons. The Bertz CT molecular complexity index is 658. The Balaban J connectivity index is 2.04. The molecule has 1 aromatic heterocycles. The molecule has 2 unspecified atom stereocenters. The van der Waals surface area contributed by atoms with Gasteiger partial charge in [-0.2, -0.15) is 0 Å². The fourth-order valence-electron chi connectivity index (χ4n) is 3.15. The second-order valence-corrected chi connectivity index (χ2v) is 5.29. The van der Waals surface area contributed by atoms with Crippen LogP contribution in [0.5, 0.6) is 0 Å². The summed E-state index contributed by atoms with van der Waals surface area (Å²) >= 11 is 0. The minimum atomic E-state index is -0.147. The lowest BCUT2D eigenvalue weighted by Crippen LogP contribution is -2.14. The van der Waals surface area contributed by atoms with Crippen molar-refractivity contribution in [2.24, 2.45) is 5.92 Å². The van der Waals surface area contributed by atoms with Crippen molar-refractivity contribution in [2.75, 3.05) is 0 Å². The van der Waals surface area contributed by atoms with E-state index in [-0.39, 0.29) is 17.6 Å². The maximum absolute atomic E-state index is 12.6. The molecule has 2 atom stereocenters. The van der Waals surface area contributed by atoms with Gasteiger partial charge < -0.3 is 0 Å². The van der Waals surface area contributed by atoms with E-state index in [0.29, 0.717) is 0 Å². The number of hydrogen-bond acceptors (Lipinski definition) is 2. The largest absolute Gasteiger partial charge is 0.294 e.